The summed E-state index contributed by atoms with van der Waals surface area (Å²) in [7, 11) is -4.09. The van der Waals surface area contributed by atoms with E-state index in [0.29, 0.717) is 4.90 Å². The number of fused-ring (bicyclic) bond motifs is 2. The average Bonchev–Trinajstić information content (AvgIpc) is 3.57. The van der Waals surface area contributed by atoms with Gasteiger partial charge in [0.2, 0.25) is 0 Å². The molecule has 5 rings (SSSR count). The highest BCUT2D eigenvalue weighted by atomic mass is 32.2. The summed E-state index contributed by atoms with van der Waals surface area (Å²) in [5.74, 6) is -1.19. The number of amides is 2. The van der Waals surface area contributed by atoms with Crippen LogP contribution in [0.3, 0.4) is 0 Å². The molecule has 16 heteroatoms. The van der Waals surface area contributed by atoms with E-state index in [1.54, 1.807) is 72.1 Å². The van der Waals surface area contributed by atoms with Crippen molar-refractivity contribution >= 4 is 39.3 Å². The van der Waals surface area contributed by atoms with Crippen molar-refractivity contribution in [2.24, 2.45) is 0 Å². The first-order chi connectivity index (χ1) is 21.2. The van der Waals surface area contributed by atoms with Gasteiger partial charge in [-0.05, 0) is 74.4 Å². The topological polar surface area (TPSA) is 170 Å². The lowest BCUT2D eigenvalue weighted by Crippen LogP contribution is -2.44. The summed E-state index contributed by atoms with van der Waals surface area (Å²) in [6.07, 6.45) is -2.70. The molecular formula is C30H39N5O10S. The van der Waals surface area contributed by atoms with Gasteiger partial charge in [-0.25, -0.2) is 24.5 Å². The van der Waals surface area contributed by atoms with Crippen LogP contribution >= 0.6 is 0 Å². The van der Waals surface area contributed by atoms with Crippen molar-refractivity contribution in [2.45, 2.75) is 109 Å². The zero-order chi connectivity index (χ0) is 33.8. The number of carbonyl (C=O) groups excluding carboxylic acids is 2. The molecular weight excluding hydrogens is 622 g/mol. The molecule has 0 N–H and O–H groups in total. The molecule has 2 saturated heterocycles. The molecule has 0 radical (unpaired) electrons. The van der Waals surface area contributed by atoms with Crippen molar-refractivity contribution in [2.75, 3.05) is 11.5 Å². The first kappa shape index (κ1) is 33.7. The maximum absolute atomic E-state index is 13.3. The molecule has 3 aromatic rings. The molecule has 15 nitrogen and oxygen atoms in total. The number of hydrogen-bond acceptors (Lipinski definition) is 13. The van der Waals surface area contributed by atoms with Gasteiger partial charge in [0.15, 0.2) is 29.0 Å². The normalized spacial score (nSPS) is 22.9. The van der Waals surface area contributed by atoms with E-state index in [4.69, 9.17) is 27.9 Å². The number of rotatable bonds is 6. The van der Waals surface area contributed by atoms with Gasteiger partial charge in [-0.2, -0.15) is 13.3 Å². The van der Waals surface area contributed by atoms with Gasteiger partial charge in [0, 0.05) is 0 Å². The van der Waals surface area contributed by atoms with Crippen LogP contribution in [0.25, 0.3) is 11.2 Å². The van der Waals surface area contributed by atoms with Gasteiger partial charge >= 0.3 is 12.2 Å². The quantitative estimate of drug-likeness (QED) is 0.335. The van der Waals surface area contributed by atoms with Gasteiger partial charge in [-0.15, -0.1) is 0 Å². The van der Waals surface area contributed by atoms with E-state index in [0.717, 1.165) is 11.9 Å². The lowest BCUT2D eigenvalue weighted by atomic mass is 10.1. The maximum atomic E-state index is 13.3. The van der Waals surface area contributed by atoms with Crippen molar-refractivity contribution in [1.29, 1.82) is 0 Å². The van der Waals surface area contributed by atoms with E-state index in [-0.39, 0.29) is 28.5 Å². The summed E-state index contributed by atoms with van der Waals surface area (Å²) in [6, 6.07) is 6.29. The fraction of sp³-hybridized carbons (Fsp3) is 0.567. The third-order valence-electron chi connectivity index (χ3n) is 6.80. The molecule has 2 amide bonds. The Labute approximate surface area is 267 Å². The first-order valence-corrected chi connectivity index (χ1v) is 16.1. The minimum absolute atomic E-state index is 0.0116. The fourth-order valence-corrected chi connectivity index (χ4v) is 5.92. The van der Waals surface area contributed by atoms with E-state index >= 15 is 0 Å². The number of anilines is 1. The zero-order valence-corrected chi connectivity index (χ0v) is 28.0. The number of nitrogens with zero attached hydrogens (tertiary/aromatic N) is 5. The van der Waals surface area contributed by atoms with Gasteiger partial charge in [0.05, 0.1) is 17.8 Å². The zero-order valence-electron chi connectivity index (χ0n) is 27.2. The summed E-state index contributed by atoms with van der Waals surface area (Å²) >= 11 is 0. The van der Waals surface area contributed by atoms with Gasteiger partial charge in [0.25, 0.3) is 10.1 Å². The Balaban J connectivity index is 1.47. The van der Waals surface area contributed by atoms with Gasteiger partial charge in [-0.3, -0.25) is 8.75 Å². The highest BCUT2D eigenvalue weighted by molar-refractivity contribution is 7.86. The summed E-state index contributed by atoms with van der Waals surface area (Å²) in [5, 5.41) is 0. The van der Waals surface area contributed by atoms with Crippen molar-refractivity contribution in [3.05, 3.63) is 42.5 Å². The molecule has 0 bridgehead atoms. The van der Waals surface area contributed by atoms with E-state index < -0.39 is 63.8 Å². The molecule has 4 heterocycles. The summed E-state index contributed by atoms with van der Waals surface area (Å²) < 4.78 is 62.4. The van der Waals surface area contributed by atoms with Crippen LogP contribution in [-0.2, 0) is 38.0 Å². The largest absolute Gasteiger partial charge is 0.443 e. The number of imidazole rings is 1. The van der Waals surface area contributed by atoms with Gasteiger partial charge in [0.1, 0.15) is 35.8 Å². The summed E-state index contributed by atoms with van der Waals surface area (Å²) in [5.41, 5.74) is -0.715. The number of aryl methyl sites for hydroxylation is 1. The van der Waals surface area contributed by atoms with Crippen molar-refractivity contribution < 1.29 is 45.9 Å². The van der Waals surface area contributed by atoms with Gasteiger partial charge in [-0.1, -0.05) is 17.7 Å². The predicted octanol–water partition coefficient (Wildman–Crippen LogP) is 4.63. The van der Waals surface area contributed by atoms with Crippen LogP contribution in [0, 0.1) is 6.92 Å². The van der Waals surface area contributed by atoms with Crippen LogP contribution in [0.15, 0.2) is 41.8 Å². The standard InChI is InChI=1S/C30H39N5O10S/c1-17-10-12-18(13-11-17)46(38,39)40-14-19-21-22(43-30(8,9)42-21)25(41-19)34-16-33-20-23(34)31-15-32-24(20)35(26(36)44-28(2,3)4)27(37)45-29(5,6)7/h10-13,15-16,19,21-22,25H,14H2,1-9H3/t19?,21-,22-,25?/m1/s1. The van der Waals surface area contributed by atoms with Crippen molar-refractivity contribution in [1.82, 2.24) is 19.5 Å². The highest BCUT2D eigenvalue weighted by Crippen LogP contribution is 2.44. The molecule has 2 aliphatic rings. The van der Waals surface area contributed by atoms with E-state index in [9.17, 15) is 18.0 Å². The smallest absolute Gasteiger partial charge is 0.425 e. The van der Waals surface area contributed by atoms with E-state index in [1.807, 2.05) is 6.92 Å². The van der Waals surface area contributed by atoms with Crippen LogP contribution in [0.5, 0.6) is 0 Å². The Morgan fingerprint density at radius 3 is 2.11 bits per heavy atom. The molecule has 2 aromatic heterocycles. The lowest BCUT2D eigenvalue weighted by Gasteiger charge is -2.28. The van der Waals surface area contributed by atoms with Crippen LogP contribution < -0.4 is 4.90 Å². The number of ether oxygens (including phenoxy) is 5. The number of imide groups is 1. The van der Waals surface area contributed by atoms with Gasteiger partial charge < -0.3 is 23.7 Å². The lowest BCUT2D eigenvalue weighted by molar-refractivity contribution is -0.198. The molecule has 1 aromatic carbocycles. The predicted molar refractivity (Wildman–Crippen MR) is 162 cm³/mol. The average molecular weight is 662 g/mol. The minimum Gasteiger partial charge on any atom is -0.443 e. The molecule has 46 heavy (non-hydrogen) atoms. The Morgan fingerprint density at radius 1 is 0.935 bits per heavy atom. The van der Waals surface area contributed by atoms with Crippen LogP contribution in [0.2, 0.25) is 0 Å². The fourth-order valence-electron chi connectivity index (χ4n) is 5.00. The number of aromatic nitrogens is 4. The van der Waals surface area contributed by atoms with Crippen LogP contribution in [0.1, 0.15) is 67.2 Å². The maximum Gasteiger partial charge on any atom is 0.425 e. The van der Waals surface area contributed by atoms with Crippen molar-refractivity contribution in [3.8, 4) is 0 Å². The molecule has 0 aliphatic carbocycles. The second-order valence-corrected chi connectivity index (χ2v) is 15.1. The monoisotopic (exact) mass is 661 g/mol. The van der Waals surface area contributed by atoms with Crippen molar-refractivity contribution in [3.63, 3.8) is 0 Å². The molecule has 2 aliphatic heterocycles. The van der Waals surface area contributed by atoms with Crippen LogP contribution in [-0.4, -0.2) is 82.0 Å². The third kappa shape index (κ3) is 7.15. The molecule has 4 atom stereocenters. The number of benzene rings is 1. The number of carbonyl (C=O) groups is 2. The minimum atomic E-state index is -4.09. The second-order valence-electron chi connectivity index (χ2n) is 13.5. The Hall–Kier alpha value is -3.70. The molecule has 2 unspecified atom stereocenters. The second kappa shape index (κ2) is 11.8. The first-order valence-electron chi connectivity index (χ1n) is 14.7. The number of hydrogen-bond donors (Lipinski definition) is 0. The Morgan fingerprint density at radius 2 is 1.52 bits per heavy atom. The highest BCUT2D eigenvalue weighted by Gasteiger charge is 2.56. The molecule has 0 saturated carbocycles. The molecule has 250 valence electrons. The Kier molecular flexibility index (Phi) is 8.66. The molecule has 2 fully saturated rings. The Bertz CT molecular complexity index is 1700. The summed E-state index contributed by atoms with van der Waals surface area (Å²) in [6.45, 7) is 14.9. The SMILES string of the molecule is Cc1ccc(S(=O)(=O)OCC2OC(n3cnc4c(N(C(=O)OC(C)(C)C)C(=O)OC(C)(C)C)ncnc43)[C@@H]3OC(C)(C)O[C@H]23)cc1. The molecule has 0 spiro atoms. The third-order valence-corrected chi connectivity index (χ3v) is 8.10. The van der Waals surface area contributed by atoms with E-state index in [2.05, 4.69) is 15.0 Å². The van der Waals surface area contributed by atoms with E-state index in [1.165, 1.54) is 18.5 Å². The summed E-state index contributed by atoms with van der Waals surface area (Å²) in [4.78, 5) is 40.3. The van der Waals surface area contributed by atoms with Crippen LogP contribution in [0.4, 0.5) is 15.4 Å².